The summed E-state index contributed by atoms with van der Waals surface area (Å²) in [5.74, 6) is -1.96. The third-order valence-electron chi connectivity index (χ3n) is 4.09. The number of hydrogen-bond donors (Lipinski definition) is 2. The van der Waals surface area contributed by atoms with Gasteiger partial charge in [0.2, 0.25) is 0 Å². The van der Waals surface area contributed by atoms with Gasteiger partial charge in [-0.05, 0) is 41.7 Å². The molecular formula is C18H17F3N2O. The summed E-state index contributed by atoms with van der Waals surface area (Å²) in [5, 5.41) is 5.29. The van der Waals surface area contributed by atoms with E-state index in [1.165, 1.54) is 17.2 Å². The first-order chi connectivity index (χ1) is 11.4. The fourth-order valence-corrected chi connectivity index (χ4v) is 2.93. The van der Waals surface area contributed by atoms with E-state index in [1.54, 1.807) is 12.1 Å². The Labute approximate surface area is 137 Å². The van der Waals surface area contributed by atoms with Crippen LogP contribution in [-0.2, 0) is 24.2 Å². The lowest BCUT2D eigenvalue weighted by Crippen LogP contribution is -2.30. The molecule has 0 radical (unpaired) electrons. The number of halogens is 3. The first-order valence-electron chi connectivity index (χ1n) is 7.69. The molecule has 2 N–H and O–H groups in total. The number of alkyl halides is 3. The number of amides is 1. The van der Waals surface area contributed by atoms with Gasteiger partial charge >= 0.3 is 12.1 Å². The van der Waals surface area contributed by atoms with Crippen molar-refractivity contribution >= 4 is 11.6 Å². The van der Waals surface area contributed by atoms with Crippen LogP contribution in [-0.4, -0.2) is 18.1 Å². The monoisotopic (exact) mass is 334 g/mol. The lowest BCUT2D eigenvalue weighted by Gasteiger charge is -2.13. The highest BCUT2D eigenvalue weighted by Gasteiger charge is 2.38. The Morgan fingerprint density at radius 3 is 2.33 bits per heavy atom. The molecule has 1 aliphatic rings. The van der Waals surface area contributed by atoms with Gasteiger partial charge in [0.1, 0.15) is 0 Å². The highest BCUT2D eigenvalue weighted by Crippen LogP contribution is 2.22. The first kappa shape index (κ1) is 16.5. The minimum Gasteiger partial charge on any atom is -0.318 e. The van der Waals surface area contributed by atoms with E-state index in [4.69, 9.17) is 0 Å². The maximum atomic E-state index is 12.3. The third-order valence-corrected chi connectivity index (χ3v) is 4.09. The molecule has 3 nitrogen and oxygen atoms in total. The molecule has 0 aliphatic heterocycles. The maximum Gasteiger partial charge on any atom is 0.471 e. The Morgan fingerprint density at radius 1 is 1.04 bits per heavy atom. The molecule has 1 amide bonds. The second-order valence-corrected chi connectivity index (χ2v) is 5.91. The summed E-state index contributed by atoms with van der Waals surface area (Å²) in [6.45, 7) is 0.536. The van der Waals surface area contributed by atoms with Crippen molar-refractivity contribution in [1.29, 1.82) is 0 Å². The first-order valence-corrected chi connectivity index (χ1v) is 7.69. The Hall–Kier alpha value is -2.34. The van der Waals surface area contributed by atoms with Gasteiger partial charge in [-0.15, -0.1) is 0 Å². The number of benzene rings is 2. The number of rotatable bonds is 4. The fraction of sp³-hybridized carbons (Fsp3) is 0.278. The summed E-state index contributed by atoms with van der Waals surface area (Å²) in [5.41, 5.74) is 3.64. The molecule has 0 aromatic heterocycles. The molecule has 0 saturated heterocycles. The summed E-state index contributed by atoms with van der Waals surface area (Å²) in [7, 11) is 0. The van der Waals surface area contributed by atoms with Crippen LogP contribution in [0.5, 0.6) is 0 Å². The van der Waals surface area contributed by atoms with Gasteiger partial charge in [-0.25, -0.2) is 0 Å². The number of carbonyl (C=O) groups is 1. The summed E-state index contributed by atoms with van der Waals surface area (Å²) >= 11 is 0. The van der Waals surface area contributed by atoms with E-state index >= 15 is 0 Å². The zero-order chi connectivity index (χ0) is 17.2. The van der Waals surface area contributed by atoms with Crippen LogP contribution in [0.2, 0.25) is 0 Å². The molecule has 0 atom stereocenters. The second kappa shape index (κ2) is 6.65. The standard InChI is InChI=1S/C18H17F3N2O/c19-18(20,21)17(24)23-15-7-3-4-12(8-15)11-22-16-9-13-5-1-2-6-14(13)10-16/h1-8,16,22H,9-11H2,(H,23,24). The van der Waals surface area contributed by atoms with E-state index in [0.717, 1.165) is 18.4 Å². The van der Waals surface area contributed by atoms with Crippen LogP contribution in [0.15, 0.2) is 48.5 Å². The van der Waals surface area contributed by atoms with Crippen LogP contribution in [0.3, 0.4) is 0 Å². The van der Waals surface area contributed by atoms with Gasteiger partial charge < -0.3 is 10.6 Å². The molecule has 6 heteroatoms. The van der Waals surface area contributed by atoms with Gasteiger partial charge in [-0.1, -0.05) is 36.4 Å². The number of nitrogens with one attached hydrogen (secondary N) is 2. The van der Waals surface area contributed by atoms with Gasteiger partial charge in [0, 0.05) is 18.3 Å². The minimum absolute atomic E-state index is 0.145. The van der Waals surface area contributed by atoms with Crippen molar-refractivity contribution in [2.45, 2.75) is 31.6 Å². The van der Waals surface area contributed by atoms with E-state index < -0.39 is 12.1 Å². The molecule has 24 heavy (non-hydrogen) atoms. The summed E-state index contributed by atoms with van der Waals surface area (Å²) in [6.07, 6.45) is -2.99. The van der Waals surface area contributed by atoms with Crippen LogP contribution in [0.4, 0.5) is 18.9 Å². The lowest BCUT2D eigenvalue weighted by atomic mass is 10.1. The molecule has 126 valence electrons. The van der Waals surface area contributed by atoms with Crippen molar-refractivity contribution in [2.24, 2.45) is 0 Å². The Morgan fingerprint density at radius 2 is 1.71 bits per heavy atom. The smallest absolute Gasteiger partial charge is 0.318 e. The largest absolute Gasteiger partial charge is 0.471 e. The molecule has 0 unspecified atom stereocenters. The predicted molar refractivity (Wildman–Crippen MR) is 85.6 cm³/mol. The molecule has 2 aromatic rings. The van der Waals surface area contributed by atoms with E-state index in [-0.39, 0.29) is 5.69 Å². The topological polar surface area (TPSA) is 41.1 Å². The molecule has 0 bridgehead atoms. The van der Waals surface area contributed by atoms with E-state index in [9.17, 15) is 18.0 Å². The highest BCUT2D eigenvalue weighted by atomic mass is 19.4. The van der Waals surface area contributed by atoms with Gasteiger partial charge in [0.15, 0.2) is 0 Å². The van der Waals surface area contributed by atoms with E-state index in [0.29, 0.717) is 12.6 Å². The van der Waals surface area contributed by atoms with Crippen molar-refractivity contribution in [3.63, 3.8) is 0 Å². The Bertz CT molecular complexity index is 718. The molecule has 1 aliphatic carbocycles. The molecular weight excluding hydrogens is 317 g/mol. The predicted octanol–water partition coefficient (Wildman–Crippen LogP) is 3.44. The Kier molecular flexibility index (Phi) is 4.57. The number of fused-ring (bicyclic) bond motifs is 1. The number of hydrogen-bond acceptors (Lipinski definition) is 2. The van der Waals surface area contributed by atoms with Crippen LogP contribution >= 0.6 is 0 Å². The van der Waals surface area contributed by atoms with Gasteiger partial charge in [-0.2, -0.15) is 13.2 Å². The SMILES string of the molecule is O=C(Nc1cccc(CNC2Cc3ccccc3C2)c1)C(F)(F)F. The third kappa shape index (κ3) is 3.94. The van der Waals surface area contributed by atoms with Gasteiger partial charge in [0.25, 0.3) is 0 Å². The normalized spacial score (nSPS) is 14.5. The van der Waals surface area contributed by atoms with E-state index in [2.05, 4.69) is 17.4 Å². The fourth-order valence-electron chi connectivity index (χ4n) is 2.93. The van der Waals surface area contributed by atoms with Crippen LogP contribution in [0, 0.1) is 0 Å². The summed E-state index contributed by atoms with van der Waals surface area (Å²) in [6, 6.07) is 15.0. The van der Waals surface area contributed by atoms with Crippen LogP contribution < -0.4 is 10.6 Å². The zero-order valence-electron chi connectivity index (χ0n) is 12.9. The second-order valence-electron chi connectivity index (χ2n) is 5.91. The summed E-state index contributed by atoms with van der Waals surface area (Å²) < 4.78 is 36.9. The van der Waals surface area contributed by atoms with Crippen molar-refractivity contribution < 1.29 is 18.0 Å². The number of anilines is 1. The molecule has 0 saturated carbocycles. The van der Waals surface area contributed by atoms with Crippen LogP contribution in [0.1, 0.15) is 16.7 Å². The van der Waals surface area contributed by atoms with E-state index in [1.807, 2.05) is 23.5 Å². The maximum absolute atomic E-state index is 12.3. The highest BCUT2D eigenvalue weighted by molar-refractivity contribution is 5.94. The summed E-state index contributed by atoms with van der Waals surface area (Å²) in [4.78, 5) is 11.0. The average Bonchev–Trinajstić information content (AvgIpc) is 2.95. The minimum atomic E-state index is -4.89. The zero-order valence-corrected chi connectivity index (χ0v) is 12.9. The quantitative estimate of drug-likeness (QED) is 0.899. The average molecular weight is 334 g/mol. The lowest BCUT2D eigenvalue weighted by molar-refractivity contribution is -0.167. The number of carbonyl (C=O) groups excluding carboxylic acids is 1. The molecule has 0 heterocycles. The van der Waals surface area contributed by atoms with Crippen LogP contribution in [0.25, 0.3) is 0 Å². The molecule has 0 fully saturated rings. The van der Waals surface area contributed by atoms with Gasteiger partial charge in [0.05, 0.1) is 0 Å². The van der Waals surface area contributed by atoms with Crippen molar-refractivity contribution in [3.8, 4) is 0 Å². The Balaban J connectivity index is 1.57. The van der Waals surface area contributed by atoms with Gasteiger partial charge in [-0.3, -0.25) is 4.79 Å². The van der Waals surface area contributed by atoms with Crippen molar-refractivity contribution in [3.05, 3.63) is 65.2 Å². The molecule has 3 rings (SSSR count). The molecule has 2 aromatic carbocycles. The van der Waals surface area contributed by atoms with Crippen molar-refractivity contribution in [1.82, 2.24) is 5.32 Å². The molecule has 0 spiro atoms. The van der Waals surface area contributed by atoms with Crippen molar-refractivity contribution in [2.75, 3.05) is 5.32 Å².